The molecule has 2 rings (SSSR count). The second-order valence-electron chi connectivity index (χ2n) is 6.36. The van der Waals surface area contributed by atoms with Crippen molar-refractivity contribution in [1.29, 1.82) is 5.26 Å². The SMILES string of the molecule is COc1cc(CNCC2(C)CCN(C)CC2)ccc1C#N. The van der Waals surface area contributed by atoms with E-state index < -0.39 is 0 Å². The first-order chi connectivity index (χ1) is 10.1. The number of piperidine rings is 1. The molecule has 1 aliphatic heterocycles. The third kappa shape index (κ3) is 4.20. The van der Waals surface area contributed by atoms with Crippen molar-refractivity contribution in [1.82, 2.24) is 10.2 Å². The maximum Gasteiger partial charge on any atom is 0.136 e. The van der Waals surface area contributed by atoms with Crippen LogP contribution < -0.4 is 10.1 Å². The zero-order valence-corrected chi connectivity index (χ0v) is 13.3. The second-order valence-corrected chi connectivity index (χ2v) is 6.36. The van der Waals surface area contributed by atoms with Crippen LogP contribution in [-0.4, -0.2) is 38.7 Å². The van der Waals surface area contributed by atoms with Crippen molar-refractivity contribution in [3.05, 3.63) is 29.3 Å². The van der Waals surface area contributed by atoms with Gasteiger partial charge in [-0.15, -0.1) is 0 Å². The first-order valence-electron chi connectivity index (χ1n) is 7.53. The maximum absolute atomic E-state index is 8.99. The number of nitrogens with zero attached hydrogens (tertiary/aromatic N) is 2. The molecule has 114 valence electrons. The van der Waals surface area contributed by atoms with Gasteiger partial charge in [-0.25, -0.2) is 0 Å². The predicted octanol–water partition coefficient (Wildman–Crippen LogP) is 2.39. The fourth-order valence-corrected chi connectivity index (χ4v) is 2.78. The van der Waals surface area contributed by atoms with E-state index in [-0.39, 0.29) is 0 Å². The fourth-order valence-electron chi connectivity index (χ4n) is 2.78. The number of ether oxygens (including phenoxy) is 1. The minimum Gasteiger partial charge on any atom is -0.495 e. The predicted molar refractivity (Wildman–Crippen MR) is 84.3 cm³/mol. The van der Waals surface area contributed by atoms with Crippen molar-refractivity contribution < 1.29 is 4.74 Å². The van der Waals surface area contributed by atoms with E-state index in [0.29, 0.717) is 16.7 Å². The van der Waals surface area contributed by atoms with Gasteiger partial charge in [0.25, 0.3) is 0 Å². The molecule has 0 bridgehead atoms. The van der Waals surface area contributed by atoms with E-state index in [9.17, 15) is 0 Å². The summed E-state index contributed by atoms with van der Waals surface area (Å²) in [4.78, 5) is 2.40. The van der Waals surface area contributed by atoms with Gasteiger partial charge < -0.3 is 15.0 Å². The summed E-state index contributed by atoms with van der Waals surface area (Å²) in [7, 11) is 3.79. The molecular weight excluding hydrogens is 262 g/mol. The van der Waals surface area contributed by atoms with Gasteiger partial charge in [-0.05, 0) is 56.1 Å². The van der Waals surface area contributed by atoms with Crippen molar-refractivity contribution in [3.63, 3.8) is 0 Å². The highest BCUT2D eigenvalue weighted by atomic mass is 16.5. The normalized spacial score (nSPS) is 18.2. The van der Waals surface area contributed by atoms with Gasteiger partial charge in [0.2, 0.25) is 0 Å². The Kier molecular flexibility index (Phi) is 5.22. The molecule has 1 aromatic rings. The molecule has 1 fully saturated rings. The number of nitriles is 1. The van der Waals surface area contributed by atoms with Crippen LogP contribution in [0.5, 0.6) is 5.75 Å². The second kappa shape index (κ2) is 6.93. The minimum atomic E-state index is 0.392. The highest BCUT2D eigenvalue weighted by Gasteiger charge is 2.28. The van der Waals surface area contributed by atoms with Crippen LogP contribution in [0.15, 0.2) is 18.2 Å². The zero-order valence-electron chi connectivity index (χ0n) is 13.3. The van der Waals surface area contributed by atoms with Crippen molar-refractivity contribution in [2.45, 2.75) is 26.3 Å². The van der Waals surface area contributed by atoms with Gasteiger partial charge in [0.05, 0.1) is 12.7 Å². The lowest BCUT2D eigenvalue weighted by molar-refractivity contribution is 0.137. The Bertz CT molecular complexity index is 513. The Morgan fingerprint density at radius 3 is 2.71 bits per heavy atom. The highest BCUT2D eigenvalue weighted by Crippen LogP contribution is 2.29. The molecule has 1 aliphatic rings. The Morgan fingerprint density at radius 2 is 2.10 bits per heavy atom. The molecule has 0 saturated carbocycles. The lowest BCUT2D eigenvalue weighted by atomic mass is 9.80. The van der Waals surface area contributed by atoms with Gasteiger partial charge >= 0.3 is 0 Å². The molecule has 0 spiro atoms. The van der Waals surface area contributed by atoms with E-state index in [1.54, 1.807) is 7.11 Å². The van der Waals surface area contributed by atoms with Gasteiger partial charge in [-0.1, -0.05) is 13.0 Å². The monoisotopic (exact) mass is 287 g/mol. The summed E-state index contributed by atoms with van der Waals surface area (Å²) >= 11 is 0. The Morgan fingerprint density at radius 1 is 1.38 bits per heavy atom. The Balaban J connectivity index is 1.87. The largest absolute Gasteiger partial charge is 0.495 e. The zero-order chi connectivity index (χ0) is 15.3. The molecule has 4 nitrogen and oxygen atoms in total. The van der Waals surface area contributed by atoms with Crippen LogP contribution in [-0.2, 0) is 6.54 Å². The van der Waals surface area contributed by atoms with E-state index >= 15 is 0 Å². The lowest BCUT2D eigenvalue weighted by Gasteiger charge is -2.38. The number of likely N-dealkylation sites (tertiary alicyclic amines) is 1. The molecule has 1 saturated heterocycles. The lowest BCUT2D eigenvalue weighted by Crippen LogP contribution is -2.41. The summed E-state index contributed by atoms with van der Waals surface area (Å²) in [6.45, 7) is 6.58. The molecular formula is C17H25N3O. The van der Waals surface area contributed by atoms with Crippen molar-refractivity contribution in [2.24, 2.45) is 5.41 Å². The summed E-state index contributed by atoms with van der Waals surface area (Å²) in [6.07, 6.45) is 2.49. The quantitative estimate of drug-likeness (QED) is 0.903. The topological polar surface area (TPSA) is 48.3 Å². The van der Waals surface area contributed by atoms with Crippen molar-refractivity contribution in [3.8, 4) is 11.8 Å². The number of methoxy groups -OCH3 is 1. The van der Waals surface area contributed by atoms with E-state index in [1.807, 2.05) is 18.2 Å². The number of hydrogen-bond donors (Lipinski definition) is 1. The molecule has 1 heterocycles. The summed E-state index contributed by atoms with van der Waals surface area (Å²) in [5.74, 6) is 0.655. The Labute approximate surface area is 127 Å². The maximum atomic E-state index is 8.99. The van der Waals surface area contributed by atoms with Gasteiger partial charge in [-0.3, -0.25) is 0 Å². The Hall–Kier alpha value is -1.57. The molecule has 0 aliphatic carbocycles. The smallest absolute Gasteiger partial charge is 0.136 e. The standard InChI is InChI=1S/C17H25N3O/c1-17(6-8-20(2)9-7-17)13-19-12-14-4-5-15(11-18)16(10-14)21-3/h4-5,10,19H,6-9,12-13H2,1-3H3. The van der Waals surface area contributed by atoms with Crippen molar-refractivity contribution in [2.75, 3.05) is 33.8 Å². The van der Waals surface area contributed by atoms with E-state index in [2.05, 4.69) is 30.3 Å². The molecule has 1 aromatic carbocycles. The van der Waals surface area contributed by atoms with E-state index in [1.165, 1.54) is 25.9 Å². The van der Waals surface area contributed by atoms with Crippen LogP contribution in [0.3, 0.4) is 0 Å². The van der Waals surface area contributed by atoms with Crippen LogP contribution in [0.25, 0.3) is 0 Å². The molecule has 4 heteroatoms. The number of nitrogens with one attached hydrogen (secondary N) is 1. The molecule has 1 N–H and O–H groups in total. The molecule has 0 aromatic heterocycles. The fraction of sp³-hybridized carbons (Fsp3) is 0.588. The first-order valence-corrected chi connectivity index (χ1v) is 7.53. The number of hydrogen-bond acceptors (Lipinski definition) is 4. The summed E-state index contributed by atoms with van der Waals surface area (Å²) in [6, 6.07) is 7.91. The van der Waals surface area contributed by atoms with Gasteiger partial charge in [-0.2, -0.15) is 5.26 Å². The van der Waals surface area contributed by atoms with E-state index in [4.69, 9.17) is 10.00 Å². The molecule has 0 amide bonds. The van der Waals surface area contributed by atoms with Gasteiger partial charge in [0.15, 0.2) is 0 Å². The van der Waals surface area contributed by atoms with E-state index in [0.717, 1.165) is 18.7 Å². The minimum absolute atomic E-state index is 0.392. The van der Waals surface area contributed by atoms with Crippen molar-refractivity contribution >= 4 is 0 Å². The molecule has 0 unspecified atom stereocenters. The van der Waals surface area contributed by atoms with Crippen LogP contribution in [0, 0.1) is 16.7 Å². The molecule has 21 heavy (non-hydrogen) atoms. The number of benzene rings is 1. The third-order valence-corrected chi connectivity index (χ3v) is 4.46. The summed E-state index contributed by atoms with van der Waals surface area (Å²) in [5, 5.41) is 12.6. The molecule has 0 atom stereocenters. The average molecular weight is 287 g/mol. The van der Waals surface area contributed by atoms with Crippen LogP contribution in [0.2, 0.25) is 0 Å². The summed E-state index contributed by atoms with van der Waals surface area (Å²) < 4.78 is 5.25. The molecule has 0 radical (unpaired) electrons. The summed E-state index contributed by atoms with van der Waals surface area (Å²) in [5.41, 5.74) is 2.13. The highest BCUT2D eigenvalue weighted by molar-refractivity contribution is 5.45. The van der Waals surface area contributed by atoms with Crippen LogP contribution >= 0.6 is 0 Å². The van der Waals surface area contributed by atoms with Gasteiger partial charge in [0, 0.05) is 13.1 Å². The average Bonchev–Trinajstić information content (AvgIpc) is 2.50. The number of rotatable bonds is 5. The first kappa shape index (κ1) is 15.8. The van der Waals surface area contributed by atoms with Crippen LogP contribution in [0.4, 0.5) is 0 Å². The van der Waals surface area contributed by atoms with Gasteiger partial charge in [0.1, 0.15) is 11.8 Å². The van der Waals surface area contributed by atoms with Crippen LogP contribution in [0.1, 0.15) is 30.9 Å². The third-order valence-electron chi connectivity index (χ3n) is 4.46.